The largest absolute Gasteiger partial charge is 0.497 e. The average molecular weight is 236 g/mol. The zero-order chi connectivity index (χ0) is 12.3. The predicted octanol–water partition coefficient (Wildman–Crippen LogP) is 2.33. The SMILES string of the molecule is COc1ccc(OCC2(CC(=O)O)CC2)cc1. The van der Waals surface area contributed by atoms with Crippen LogP contribution in [0, 0.1) is 5.41 Å². The molecule has 0 heterocycles. The molecule has 92 valence electrons. The lowest BCUT2D eigenvalue weighted by atomic mass is 10.0. The lowest BCUT2D eigenvalue weighted by Crippen LogP contribution is -2.17. The highest BCUT2D eigenvalue weighted by Gasteiger charge is 2.45. The highest BCUT2D eigenvalue weighted by atomic mass is 16.5. The third-order valence-corrected chi connectivity index (χ3v) is 3.09. The number of carboxylic acids is 1. The maximum absolute atomic E-state index is 10.7. The summed E-state index contributed by atoms with van der Waals surface area (Å²) in [7, 11) is 1.61. The van der Waals surface area contributed by atoms with Crippen molar-refractivity contribution < 1.29 is 19.4 Å². The first-order valence-corrected chi connectivity index (χ1v) is 5.62. The number of ether oxygens (including phenoxy) is 2. The van der Waals surface area contributed by atoms with E-state index in [1.807, 2.05) is 24.3 Å². The molecule has 0 aromatic heterocycles. The first kappa shape index (κ1) is 11.8. The van der Waals surface area contributed by atoms with Crippen LogP contribution >= 0.6 is 0 Å². The van der Waals surface area contributed by atoms with Gasteiger partial charge in [-0.25, -0.2) is 0 Å². The number of carboxylic acid groups (broad SMARTS) is 1. The van der Waals surface area contributed by atoms with Crippen molar-refractivity contribution in [2.24, 2.45) is 5.41 Å². The smallest absolute Gasteiger partial charge is 0.304 e. The molecule has 1 N–H and O–H groups in total. The minimum Gasteiger partial charge on any atom is -0.497 e. The van der Waals surface area contributed by atoms with Crippen molar-refractivity contribution in [3.8, 4) is 11.5 Å². The maximum Gasteiger partial charge on any atom is 0.304 e. The molecule has 4 nitrogen and oxygen atoms in total. The van der Waals surface area contributed by atoms with Gasteiger partial charge in [0, 0.05) is 5.41 Å². The van der Waals surface area contributed by atoms with Crippen LogP contribution in [0.5, 0.6) is 11.5 Å². The molecule has 4 heteroatoms. The van der Waals surface area contributed by atoms with Gasteiger partial charge in [-0.1, -0.05) is 0 Å². The van der Waals surface area contributed by atoms with Gasteiger partial charge >= 0.3 is 5.97 Å². The molecular formula is C13H16O4. The lowest BCUT2D eigenvalue weighted by Gasteiger charge is -2.14. The van der Waals surface area contributed by atoms with Crippen molar-refractivity contribution in [3.05, 3.63) is 24.3 Å². The van der Waals surface area contributed by atoms with Crippen LogP contribution in [0.2, 0.25) is 0 Å². The summed E-state index contributed by atoms with van der Waals surface area (Å²) in [5.41, 5.74) is -0.133. The van der Waals surface area contributed by atoms with E-state index in [4.69, 9.17) is 14.6 Å². The van der Waals surface area contributed by atoms with E-state index >= 15 is 0 Å². The Hall–Kier alpha value is -1.71. The Bertz CT molecular complexity index is 392. The van der Waals surface area contributed by atoms with E-state index in [-0.39, 0.29) is 11.8 Å². The Labute approximate surface area is 100 Å². The second-order valence-electron chi connectivity index (χ2n) is 4.53. The van der Waals surface area contributed by atoms with E-state index in [0.29, 0.717) is 6.61 Å². The first-order valence-electron chi connectivity index (χ1n) is 5.62. The van der Waals surface area contributed by atoms with Crippen molar-refractivity contribution in [1.29, 1.82) is 0 Å². The molecule has 0 amide bonds. The molecule has 1 aliphatic carbocycles. The highest BCUT2D eigenvalue weighted by Crippen LogP contribution is 2.49. The number of hydrogen-bond acceptors (Lipinski definition) is 3. The van der Waals surface area contributed by atoms with E-state index < -0.39 is 5.97 Å². The third kappa shape index (κ3) is 3.12. The molecule has 0 atom stereocenters. The van der Waals surface area contributed by atoms with E-state index in [2.05, 4.69) is 0 Å². The summed E-state index contributed by atoms with van der Waals surface area (Å²) in [5, 5.41) is 8.78. The predicted molar refractivity (Wildman–Crippen MR) is 62.4 cm³/mol. The second-order valence-corrected chi connectivity index (χ2v) is 4.53. The quantitative estimate of drug-likeness (QED) is 0.823. The average Bonchev–Trinajstić information content (AvgIpc) is 3.06. The number of benzene rings is 1. The van der Waals surface area contributed by atoms with Crippen molar-refractivity contribution in [2.75, 3.05) is 13.7 Å². The third-order valence-electron chi connectivity index (χ3n) is 3.09. The molecule has 1 aromatic rings. The van der Waals surface area contributed by atoms with Gasteiger partial charge in [0.15, 0.2) is 0 Å². The second kappa shape index (κ2) is 4.65. The molecule has 0 radical (unpaired) electrons. The fraction of sp³-hybridized carbons (Fsp3) is 0.462. The van der Waals surface area contributed by atoms with Crippen LogP contribution in [0.1, 0.15) is 19.3 Å². The zero-order valence-electron chi connectivity index (χ0n) is 9.81. The van der Waals surface area contributed by atoms with Crippen LogP contribution in [0.15, 0.2) is 24.3 Å². The van der Waals surface area contributed by atoms with E-state index in [9.17, 15) is 4.79 Å². The summed E-state index contributed by atoms with van der Waals surface area (Å²) in [5.74, 6) is 0.785. The van der Waals surface area contributed by atoms with E-state index in [1.165, 1.54) is 0 Å². The summed E-state index contributed by atoms with van der Waals surface area (Å²) >= 11 is 0. The van der Waals surface area contributed by atoms with Gasteiger partial charge in [-0.3, -0.25) is 4.79 Å². The molecular weight excluding hydrogens is 220 g/mol. The number of methoxy groups -OCH3 is 1. The Kier molecular flexibility index (Phi) is 3.22. The van der Waals surface area contributed by atoms with E-state index in [0.717, 1.165) is 24.3 Å². The van der Waals surface area contributed by atoms with Gasteiger partial charge in [-0.05, 0) is 37.1 Å². The number of aliphatic carboxylic acids is 1. The van der Waals surface area contributed by atoms with Gasteiger partial charge in [-0.15, -0.1) is 0 Å². The number of hydrogen-bond donors (Lipinski definition) is 1. The Morgan fingerprint density at radius 2 is 1.88 bits per heavy atom. The molecule has 0 aliphatic heterocycles. The number of rotatable bonds is 6. The van der Waals surface area contributed by atoms with Crippen LogP contribution in [0.4, 0.5) is 0 Å². The first-order chi connectivity index (χ1) is 8.13. The van der Waals surface area contributed by atoms with Gasteiger partial charge < -0.3 is 14.6 Å². The summed E-state index contributed by atoms with van der Waals surface area (Å²) < 4.78 is 10.7. The van der Waals surface area contributed by atoms with Gasteiger partial charge in [0.25, 0.3) is 0 Å². The van der Waals surface area contributed by atoms with Crippen molar-refractivity contribution >= 4 is 5.97 Å². The van der Waals surface area contributed by atoms with Crippen LogP contribution in [-0.4, -0.2) is 24.8 Å². The Balaban J connectivity index is 1.87. The van der Waals surface area contributed by atoms with Crippen molar-refractivity contribution in [3.63, 3.8) is 0 Å². The Morgan fingerprint density at radius 1 is 1.29 bits per heavy atom. The van der Waals surface area contributed by atoms with Gasteiger partial charge in [0.1, 0.15) is 11.5 Å². The molecule has 1 fully saturated rings. The van der Waals surface area contributed by atoms with Crippen LogP contribution in [-0.2, 0) is 4.79 Å². The molecule has 1 saturated carbocycles. The number of carbonyl (C=O) groups is 1. The summed E-state index contributed by atoms with van der Waals surface area (Å²) in [6.07, 6.45) is 2.08. The molecule has 0 bridgehead atoms. The van der Waals surface area contributed by atoms with Crippen LogP contribution in [0.3, 0.4) is 0 Å². The zero-order valence-corrected chi connectivity index (χ0v) is 9.81. The summed E-state index contributed by atoms with van der Waals surface area (Å²) in [4.78, 5) is 10.7. The summed E-state index contributed by atoms with van der Waals surface area (Å²) in [6.45, 7) is 0.478. The summed E-state index contributed by atoms with van der Waals surface area (Å²) in [6, 6.07) is 7.31. The van der Waals surface area contributed by atoms with Crippen molar-refractivity contribution in [2.45, 2.75) is 19.3 Å². The molecule has 0 saturated heterocycles. The molecule has 0 unspecified atom stereocenters. The fourth-order valence-electron chi connectivity index (χ4n) is 1.78. The molecule has 1 aromatic carbocycles. The van der Waals surface area contributed by atoms with Crippen LogP contribution in [0.25, 0.3) is 0 Å². The normalized spacial score (nSPS) is 16.3. The van der Waals surface area contributed by atoms with Gasteiger partial charge in [-0.2, -0.15) is 0 Å². The molecule has 0 spiro atoms. The fourth-order valence-corrected chi connectivity index (χ4v) is 1.78. The monoisotopic (exact) mass is 236 g/mol. The lowest BCUT2D eigenvalue weighted by molar-refractivity contribution is -0.138. The highest BCUT2D eigenvalue weighted by molar-refractivity contribution is 5.68. The van der Waals surface area contributed by atoms with Gasteiger partial charge in [0.05, 0.1) is 20.1 Å². The minimum atomic E-state index is -0.749. The van der Waals surface area contributed by atoms with Crippen LogP contribution < -0.4 is 9.47 Å². The van der Waals surface area contributed by atoms with Crippen molar-refractivity contribution in [1.82, 2.24) is 0 Å². The molecule has 17 heavy (non-hydrogen) atoms. The van der Waals surface area contributed by atoms with Gasteiger partial charge in [0.2, 0.25) is 0 Å². The minimum absolute atomic E-state index is 0.133. The molecule has 2 rings (SSSR count). The molecule has 1 aliphatic rings. The topological polar surface area (TPSA) is 55.8 Å². The standard InChI is InChI=1S/C13H16O4/c1-16-10-2-4-11(5-3-10)17-9-13(6-7-13)8-12(14)15/h2-5H,6-9H2,1H3,(H,14,15). The maximum atomic E-state index is 10.7. The van der Waals surface area contributed by atoms with E-state index in [1.54, 1.807) is 7.11 Å². The Morgan fingerprint density at radius 3 is 2.35 bits per heavy atom.